The molecule has 0 radical (unpaired) electrons. The molecule has 2 amide bonds. The van der Waals surface area contributed by atoms with Crippen LogP contribution in [0.5, 0.6) is 0 Å². The number of pyridine rings is 1. The summed E-state index contributed by atoms with van der Waals surface area (Å²) in [5, 5.41) is 11.7. The maximum absolute atomic E-state index is 12.4. The number of nitrogens with one attached hydrogen (secondary N) is 2. The number of nitrogens with zero attached hydrogens (tertiary/aromatic N) is 3. The Morgan fingerprint density at radius 3 is 2.59 bits per heavy atom. The maximum Gasteiger partial charge on any atom is 0.265 e. The molecule has 7 nitrogen and oxygen atoms in total. The third kappa shape index (κ3) is 4.56. The van der Waals surface area contributed by atoms with Crippen LogP contribution in [0.1, 0.15) is 25.6 Å². The van der Waals surface area contributed by atoms with E-state index in [-0.39, 0.29) is 11.8 Å². The van der Waals surface area contributed by atoms with Gasteiger partial charge in [-0.15, -0.1) is 11.3 Å². The summed E-state index contributed by atoms with van der Waals surface area (Å²) in [4.78, 5) is 29.4. The first-order valence-electron chi connectivity index (χ1n) is 8.87. The Balaban J connectivity index is 1.35. The van der Waals surface area contributed by atoms with E-state index < -0.39 is 0 Å². The Hall–Kier alpha value is -3.78. The molecule has 4 rings (SSSR count). The molecule has 29 heavy (non-hydrogen) atoms. The van der Waals surface area contributed by atoms with Crippen LogP contribution in [-0.4, -0.2) is 26.6 Å². The van der Waals surface area contributed by atoms with Crippen molar-refractivity contribution in [2.75, 3.05) is 5.32 Å². The number of thiophene rings is 1. The van der Waals surface area contributed by atoms with E-state index in [0.29, 0.717) is 28.5 Å². The Kier molecular flexibility index (Phi) is 5.44. The molecule has 0 bridgehead atoms. The van der Waals surface area contributed by atoms with Crippen molar-refractivity contribution in [1.29, 1.82) is 0 Å². The standard InChI is InChI=1S/C21H17N5O2S/c27-20(23-14-15-8-10-22-19(13-15)26-11-2-9-24-26)16-4-6-17(7-5-16)25-21(28)18-3-1-12-29-18/h1-13H,14H2,(H,23,27)(H,25,28). The summed E-state index contributed by atoms with van der Waals surface area (Å²) in [6.45, 7) is 0.368. The van der Waals surface area contributed by atoms with Crippen molar-refractivity contribution in [2.24, 2.45) is 0 Å². The van der Waals surface area contributed by atoms with Gasteiger partial charge in [0, 0.05) is 36.4 Å². The molecular formula is C21H17N5O2S. The number of benzene rings is 1. The first kappa shape index (κ1) is 18.6. The highest BCUT2D eigenvalue weighted by atomic mass is 32.1. The van der Waals surface area contributed by atoms with Crippen molar-refractivity contribution >= 4 is 28.8 Å². The Morgan fingerprint density at radius 2 is 1.86 bits per heavy atom. The first-order valence-corrected chi connectivity index (χ1v) is 9.75. The fourth-order valence-corrected chi connectivity index (χ4v) is 3.31. The van der Waals surface area contributed by atoms with E-state index in [1.807, 2.05) is 35.8 Å². The molecule has 4 aromatic rings. The zero-order chi connectivity index (χ0) is 20.1. The van der Waals surface area contributed by atoms with Gasteiger partial charge in [-0.2, -0.15) is 5.10 Å². The number of carbonyl (C=O) groups is 2. The van der Waals surface area contributed by atoms with Gasteiger partial charge in [-0.3, -0.25) is 9.59 Å². The van der Waals surface area contributed by atoms with Gasteiger partial charge in [-0.1, -0.05) is 6.07 Å². The van der Waals surface area contributed by atoms with Gasteiger partial charge in [-0.25, -0.2) is 9.67 Å². The second-order valence-corrected chi connectivity index (χ2v) is 7.11. The van der Waals surface area contributed by atoms with Crippen LogP contribution in [0.4, 0.5) is 5.69 Å². The van der Waals surface area contributed by atoms with Crippen LogP contribution < -0.4 is 10.6 Å². The molecule has 0 fully saturated rings. The second kappa shape index (κ2) is 8.49. The fourth-order valence-electron chi connectivity index (χ4n) is 2.69. The minimum absolute atomic E-state index is 0.164. The third-order valence-electron chi connectivity index (χ3n) is 4.15. The predicted octanol–water partition coefficient (Wildman–Crippen LogP) is 3.51. The van der Waals surface area contributed by atoms with Gasteiger partial charge < -0.3 is 10.6 Å². The molecule has 0 aliphatic rings. The summed E-state index contributed by atoms with van der Waals surface area (Å²) in [7, 11) is 0. The first-order chi connectivity index (χ1) is 14.2. The minimum Gasteiger partial charge on any atom is -0.348 e. The molecule has 1 aromatic carbocycles. The molecule has 0 aliphatic heterocycles. The number of aromatic nitrogens is 3. The van der Waals surface area contributed by atoms with Crippen molar-refractivity contribution in [3.8, 4) is 5.82 Å². The number of rotatable bonds is 6. The Bertz CT molecular complexity index is 1110. The molecule has 144 valence electrons. The largest absolute Gasteiger partial charge is 0.348 e. The van der Waals surface area contributed by atoms with Gasteiger partial charge in [0.15, 0.2) is 5.82 Å². The summed E-state index contributed by atoms with van der Waals surface area (Å²) in [6, 6.07) is 15.9. The zero-order valence-electron chi connectivity index (χ0n) is 15.3. The van der Waals surface area contributed by atoms with Gasteiger partial charge >= 0.3 is 0 Å². The van der Waals surface area contributed by atoms with Gasteiger partial charge in [0.25, 0.3) is 11.8 Å². The number of hydrogen-bond acceptors (Lipinski definition) is 5. The molecule has 8 heteroatoms. The average Bonchev–Trinajstić information content (AvgIpc) is 3.47. The summed E-state index contributed by atoms with van der Waals surface area (Å²) in [5.41, 5.74) is 2.07. The molecular weight excluding hydrogens is 386 g/mol. The number of carbonyl (C=O) groups excluding carboxylic acids is 2. The van der Waals surface area contributed by atoms with E-state index in [4.69, 9.17) is 0 Å². The van der Waals surface area contributed by atoms with Crippen LogP contribution in [0.25, 0.3) is 5.82 Å². The van der Waals surface area contributed by atoms with E-state index in [1.54, 1.807) is 47.4 Å². The Morgan fingerprint density at radius 1 is 1.00 bits per heavy atom. The number of hydrogen-bond donors (Lipinski definition) is 2. The topological polar surface area (TPSA) is 88.9 Å². The summed E-state index contributed by atoms with van der Waals surface area (Å²) >= 11 is 1.38. The van der Waals surface area contributed by atoms with Gasteiger partial charge in [-0.05, 0) is 59.5 Å². The SMILES string of the molecule is O=C(NCc1ccnc(-n2cccn2)c1)c1ccc(NC(=O)c2cccs2)cc1. The van der Waals surface area contributed by atoms with Crippen LogP contribution in [-0.2, 0) is 6.54 Å². The van der Waals surface area contributed by atoms with Gasteiger partial charge in [0.1, 0.15) is 0 Å². The molecule has 0 spiro atoms. The molecule has 0 unspecified atom stereocenters. The van der Waals surface area contributed by atoms with Gasteiger partial charge in [0.2, 0.25) is 0 Å². The lowest BCUT2D eigenvalue weighted by atomic mass is 10.2. The highest BCUT2D eigenvalue weighted by molar-refractivity contribution is 7.12. The molecule has 0 aliphatic carbocycles. The maximum atomic E-state index is 12.4. The van der Waals surface area contributed by atoms with Crippen molar-refractivity contribution in [2.45, 2.75) is 6.54 Å². The van der Waals surface area contributed by atoms with Gasteiger partial charge in [0.05, 0.1) is 4.88 Å². The van der Waals surface area contributed by atoms with Crippen molar-refractivity contribution in [3.05, 3.63) is 94.6 Å². The zero-order valence-corrected chi connectivity index (χ0v) is 16.1. The third-order valence-corrected chi connectivity index (χ3v) is 5.02. The Labute approximate surface area is 171 Å². The highest BCUT2D eigenvalue weighted by Crippen LogP contribution is 2.14. The van der Waals surface area contributed by atoms with Crippen LogP contribution in [0, 0.1) is 0 Å². The smallest absolute Gasteiger partial charge is 0.265 e. The molecule has 0 saturated heterocycles. The van der Waals surface area contributed by atoms with E-state index in [9.17, 15) is 9.59 Å². The summed E-state index contributed by atoms with van der Waals surface area (Å²) < 4.78 is 1.66. The van der Waals surface area contributed by atoms with Crippen LogP contribution in [0.3, 0.4) is 0 Å². The normalized spacial score (nSPS) is 10.5. The second-order valence-electron chi connectivity index (χ2n) is 6.16. The van der Waals surface area contributed by atoms with Crippen molar-refractivity contribution in [3.63, 3.8) is 0 Å². The average molecular weight is 403 g/mol. The van der Waals surface area contributed by atoms with E-state index in [1.165, 1.54) is 11.3 Å². The quantitative estimate of drug-likeness (QED) is 0.516. The summed E-state index contributed by atoms with van der Waals surface area (Å²) in [6.07, 6.45) is 5.18. The molecule has 3 aromatic heterocycles. The molecule has 0 atom stereocenters. The van der Waals surface area contributed by atoms with E-state index in [0.717, 1.165) is 5.56 Å². The lowest BCUT2D eigenvalue weighted by molar-refractivity contribution is 0.0950. The van der Waals surface area contributed by atoms with Crippen LogP contribution >= 0.6 is 11.3 Å². The lowest BCUT2D eigenvalue weighted by Crippen LogP contribution is -2.23. The van der Waals surface area contributed by atoms with Crippen molar-refractivity contribution < 1.29 is 9.59 Å². The summed E-state index contributed by atoms with van der Waals surface area (Å²) in [5.74, 6) is 0.328. The fraction of sp³-hybridized carbons (Fsp3) is 0.0476. The minimum atomic E-state index is -0.196. The predicted molar refractivity (Wildman–Crippen MR) is 111 cm³/mol. The van der Waals surface area contributed by atoms with Crippen LogP contribution in [0.15, 0.2) is 78.6 Å². The highest BCUT2D eigenvalue weighted by Gasteiger charge is 2.09. The molecule has 3 heterocycles. The molecule has 0 saturated carbocycles. The van der Waals surface area contributed by atoms with Crippen molar-refractivity contribution in [1.82, 2.24) is 20.1 Å². The monoisotopic (exact) mass is 403 g/mol. The van der Waals surface area contributed by atoms with Crippen LogP contribution in [0.2, 0.25) is 0 Å². The number of anilines is 1. The lowest BCUT2D eigenvalue weighted by Gasteiger charge is -2.08. The van der Waals surface area contributed by atoms with E-state index in [2.05, 4.69) is 20.7 Å². The number of amides is 2. The molecule has 2 N–H and O–H groups in total. The van der Waals surface area contributed by atoms with E-state index >= 15 is 0 Å².